The molecule has 0 saturated carbocycles. The zero-order chi connectivity index (χ0) is 11.5. The molecule has 0 unspecified atom stereocenters. The third-order valence-corrected chi connectivity index (χ3v) is 3.72. The molecule has 1 aliphatic heterocycles. The van der Waals surface area contributed by atoms with Crippen molar-refractivity contribution < 1.29 is 14.3 Å². The van der Waals surface area contributed by atoms with E-state index in [0.717, 1.165) is 0 Å². The lowest BCUT2D eigenvalue weighted by molar-refractivity contribution is -0.128. The molecule has 1 heterocycles. The number of nitrogens with zero attached hydrogens (tertiary/aromatic N) is 1. The molecule has 1 aliphatic rings. The quantitative estimate of drug-likeness (QED) is 0.869. The Kier molecular flexibility index (Phi) is 3.46. The fourth-order valence-corrected chi connectivity index (χ4v) is 2.98. The Morgan fingerprint density at radius 3 is 2.94 bits per heavy atom. The number of thioether (sulfide) groups is 1. The minimum Gasteiger partial charge on any atom is -0.395 e. The fraction of sp³-hybridized carbons (Fsp3) is 0.364. The van der Waals surface area contributed by atoms with Crippen molar-refractivity contribution in [3.63, 3.8) is 0 Å². The van der Waals surface area contributed by atoms with Crippen molar-refractivity contribution in [2.24, 2.45) is 0 Å². The number of carbonyl (C=O) groups excluding carboxylic acids is 1. The van der Waals surface area contributed by atoms with E-state index in [0.29, 0.717) is 11.3 Å². The lowest BCUT2D eigenvalue weighted by Crippen LogP contribution is -2.31. The minimum absolute atomic E-state index is 0.0488. The molecule has 1 aromatic carbocycles. The first-order chi connectivity index (χ1) is 7.74. The molecule has 16 heavy (non-hydrogen) atoms. The average molecular weight is 241 g/mol. The number of aliphatic hydroxyl groups is 1. The van der Waals surface area contributed by atoms with E-state index in [1.54, 1.807) is 18.2 Å². The highest BCUT2D eigenvalue weighted by atomic mass is 32.2. The molecule has 0 aromatic heterocycles. The first-order valence-corrected chi connectivity index (χ1v) is 6.05. The summed E-state index contributed by atoms with van der Waals surface area (Å²) >= 11 is 1.39. The summed E-state index contributed by atoms with van der Waals surface area (Å²) in [4.78, 5) is 13.0. The highest BCUT2D eigenvalue weighted by molar-refractivity contribution is 8.00. The number of carbonyl (C=O) groups is 1. The van der Waals surface area contributed by atoms with E-state index in [2.05, 4.69) is 0 Å². The number of hydrogen-bond acceptors (Lipinski definition) is 3. The third kappa shape index (κ3) is 2.05. The lowest BCUT2D eigenvalue weighted by Gasteiger charge is -2.23. The molecule has 5 heteroatoms. The van der Waals surface area contributed by atoms with Gasteiger partial charge >= 0.3 is 0 Å². The van der Waals surface area contributed by atoms with Gasteiger partial charge in [0, 0.05) is 12.1 Å². The monoisotopic (exact) mass is 241 g/mol. The summed E-state index contributed by atoms with van der Waals surface area (Å²) in [6.07, 6.45) is 0. The summed E-state index contributed by atoms with van der Waals surface area (Å²) in [6.45, 7) is 0.155. The molecule has 1 aromatic rings. The number of amides is 1. The summed E-state index contributed by atoms with van der Waals surface area (Å²) < 4.78 is 13.6. The lowest BCUT2D eigenvalue weighted by atomic mass is 10.2. The number of benzene rings is 1. The van der Waals surface area contributed by atoms with Gasteiger partial charge in [-0.3, -0.25) is 4.79 Å². The van der Waals surface area contributed by atoms with E-state index in [4.69, 9.17) is 5.11 Å². The van der Waals surface area contributed by atoms with Gasteiger partial charge in [0.25, 0.3) is 0 Å². The van der Waals surface area contributed by atoms with Crippen LogP contribution >= 0.6 is 11.8 Å². The van der Waals surface area contributed by atoms with Gasteiger partial charge in [0.2, 0.25) is 5.91 Å². The van der Waals surface area contributed by atoms with Crippen molar-refractivity contribution in [2.75, 3.05) is 18.9 Å². The van der Waals surface area contributed by atoms with Gasteiger partial charge in [-0.1, -0.05) is 18.2 Å². The van der Waals surface area contributed by atoms with Crippen LogP contribution in [0, 0.1) is 5.82 Å². The molecule has 86 valence electrons. The Labute approximate surface area is 97.3 Å². The van der Waals surface area contributed by atoms with Crippen molar-refractivity contribution in [1.82, 2.24) is 4.90 Å². The Morgan fingerprint density at radius 2 is 2.25 bits per heavy atom. The van der Waals surface area contributed by atoms with Crippen molar-refractivity contribution >= 4 is 17.7 Å². The zero-order valence-electron chi connectivity index (χ0n) is 8.60. The van der Waals surface area contributed by atoms with Gasteiger partial charge < -0.3 is 10.0 Å². The summed E-state index contributed by atoms with van der Waals surface area (Å²) in [5.74, 6) is -0.0103. The van der Waals surface area contributed by atoms with Crippen LogP contribution in [0.2, 0.25) is 0 Å². The fourth-order valence-electron chi connectivity index (χ4n) is 1.74. The SMILES string of the molecule is O=C1CS[C@H](c2ccccc2F)N1CCO. The van der Waals surface area contributed by atoms with Gasteiger partial charge in [-0.25, -0.2) is 4.39 Å². The van der Waals surface area contributed by atoms with Crippen molar-refractivity contribution in [3.05, 3.63) is 35.6 Å². The second kappa shape index (κ2) is 4.84. The Balaban J connectivity index is 2.27. The first kappa shape index (κ1) is 11.4. The topological polar surface area (TPSA) is 40.5 Å². The van der Waals surface area contributed by atoms with Crippen LogP contribution in [0.4, 0.5) is 4.39 Å². The summed E-state index contributed by atoms with van der Waals surface area (Å²) in [6, 6.07) is 6.43. The average Bonchev–Trinajstić information content (AvgIpc) is 2.62. The second-order valence-corrected chi connectivity index (χ2v) is 4.56. The molecule has 3 nitrogen and oxygen atoms in total. The minimum atomic E-state index is -0.308. The molecule has 1 atom stereocenters. The summed E-state index contributed by atoms with van der Waals surface area (Å²) in [7, 11) is 0. The van der Waals surface area contributed by atoms with Crippen LogP contribution in [0.15, 0.2) is 24.3 Å². The zero-order valence-corrected chi connectivity index (χ0v) is 9.41. The van der Waals surface area contributed by atoms with Crippen LogP contribution in [0.25, 0.3) is 0 Å². The van der Waals surface area contributed by atoms with Gasteiger partial charge in [-0.2, -0.15) is 0 Å². The van der Waals surface area contributed by atoms with Gasteiger partial charge in [-0.05, 0) is 6.07 Å². The smallest absolute Gasteiger partial charge is 0.233 e. The van der Waals surface area contributed by atoms with Crippen LogP contribution in [0.3, 0.4) is 0 Å². The van der Waals surface area contributed by atoms with E-state index < -0.39 is 0 Å². The van der Waals surface area contributed by atoms with E-state index >= 15 is 0 Å². The summed E-state index contributed by atoms with van der Waals surface area (Å²) in [5.41, 5.74) is 0.506. The molecule has 1 N–H and O–H groups in total. The van der Waals surface area contributed by atoms with Gasteiger partial charge in [0.05, 0.1) is 12.4 Å². The van der Waals surface area contributed by atoms with Crippen LogP contribution < -0.4 is 0 Å². The predicted octanol–water partition coefficient (Wildman–Crippen LogP) is 1.39. The number of rotatable bonds is 3. The van der Waals surface area contributed by atoms with E-state index in [9.17, 15) is 9.18 Å². The van der Waals surface area contributed by atoms with Gasteiger partial charge in [0.15, 0.2) is 0 Å². The maximum atomic E-state index is 13.6. The van der Waals surface area contributed by atoms with Crippen LogP contribution in [-0.2, 0) is 4.79 Å². The first-order valence-electron chi connectivity index (χ1n) is 5.00. The maximum Gasteiger partial charge on any atom is 0.233 e. The van der Waals surface area contributed by atoms with Crippen LogP contribution in [-0.4, -0.2) is 34.8 Å². The van der Waals surface area contributed by atoms with Crippen molar-refractivity contribution in [1.29, 1.82) is 0 Å². The van der Waals surface area contributed by atoms with E-state index in [-0.39, 0.29) is 30.2 Å². The molecule has 0 aliphatic carbocycles. The number of β-amino-alcohol motifs (C(OH)–C–C–N with tert-alkyl or cyclic N) is 1. The molecule has 1 amide bonds. The van der Waals surface area contributed by atoms with Crippen LogP contribution in [0.5, 0.6) is 0 Å². The maximum absolute atomic E-state index is 13.6. The molecular formula is C11H12FNO2S. The number of halogens is 1. The van der Waals surface area contributed by atoms with Crippen LogP contribution in [0.1, 0.15) is 10.9 Å². The van der Waals surface area contributed by atoms with E-state index in [1.807, 2.05) is 0 Å². The highest BCUT2D eigenvalue weighted by Crippen LogP contribution is 2.39. The Hall–Kier alpha value is -1.07. The number of aliphatic hydroxyl groups excluding tert-OH is 1. The Bertz CT molecular complexity index is 399. The molecule has 1 saturated heterocycles. The highest BCUT2D eigenvalue weighted by Gasteiger charge is 2.33. The second-order valence-electron chi connectivity index (χ2n) is 3.50. The Morgan fingerprint density at radius 1 is 1.50 bits per heavy atom. The molecule has 0 spiro atoms. The van der Waals surface area contributed by atoms with E-state index in [1.165, 1.54) is 22.7 Å². The normalized spacial score (nSPS) is 20.5. The molecular weight excluding hydrogens is 229 g/mol. The molecule has 1 fully saturated rings. The number of hydrogen-bond donors (Lipinski definition) is 1. The standard InChI is InChI=1S/C11H12FNO2S/c12-9-4-2-1-3-8(9)11-13(5-6-14)10(15)7-16-11/h1-4,11,14H,5-7H2/t11-/m1/s1. The van der Waals surface area contributed by atoms with Crippen molar-refractivity contribution in [3.8, 4) is 0 Å². The third-order valence-electron chi connectivity index (χ3n) is 2.48. The summed E-state index contributed by atoms with van der Waals surface area (Å²) in [5, 5.41) is 8.58. The molecule has 2 rings (SSSR count). The largest absolute Gasteiger partial charge is 0.395 e. The predicted molar refractivity (Wildman–Crippen MR) is 60.4 cm³/mol. The molecule has 0 radical (unpaired) electrons. The van der Waals surface area contributed by atoms with Gasteiger partial charge in [0.1, 0.15) is 11.2 Å². The van der Waals surface area contributed by atoms with Crippen molar-refractivity contribution in [2.45, 2.75) is 5.37 Å². The molecule has 0 bridgehead atoms. The van der Waals surface area contributed by atoms with Gasteiger partial charge in [-0.15, -0.1) is 11.8 Å².